The van der Waals surface area contributed by atoms with Gasteiger partial charge in [-0.2, -0.15) is 0 Å². The van der Waals surface area contributed by atoms with Gasteiger partial charge >= 0.3 is 37.3 Å². The van der Waals surface area contributed by atoms with E-state index in [2.05, 4.69) is 4.52 Å². The molecule has 4 saturated carbocycles. The standard InChI is InChI=1S/C25H45FO18P4/c1-14(4-7-21(27)40-13-41-45(28,29)30)17-5-6-18-22-19(11-20(24(17,18)3)43-47(34,35)36)23(2)9-8-16(42-46(31,32)33)10-15(23)12-25(22,26)44-48(37,38)39/h14-20,22H,4-13H2,1-3H3,(H2,28,29,30)(H2,31,32,33)(H2,34,35,36)(H2,37,38,39). The van der Waals surface area contributed by atoms with Crippen molar-refractivity contribution in [2.45, 2.75) is 96.6 Å². The van der Waals surface area contributed by atoms with Gasteiger partial charge in [-0.25, -0.2) is 31.7 Å². The Balaban J connectivity index is 1.68. The van der Waals surface area contributed by atoms with E-state index < -0.39 is 109 Å². The monoisotopic (exact) mass is 776 g/mol. The van der Waals surface area contributed by atoms with Gasteiger partial charge in [0.05, 0.1) is 12.2 Å². The van der Waals surface area contributed by atoms with Crippen LogP contribution in [0.15, 0.2) is 0 Å². The summed E-state index contributed by atoms with van der Waals surface area (Å²) in [5.74, 6) is -8.10. The van der Waals surface area contributed by atoms with E-state index in [1.807, 2.05) is 6.92 Å². The van der Waals surface area contributed by atoms with Crippen molar-refractivity contribution in [2.24, 2.45) is 46.3 Å². The zero-order valence-electron chi connectivity index (χ0n) is 26.5. The first-order chi connectivity index (χ1) is 21.7. The summed E-state index contributed by atoms with van der Waals surface area (Å²) >= 11 is 0. The Morgan fingerprint density at radius 2 is 1.48 bits per heavy atom. The van der Waals surface area contributed by atoms with Gasteiger partial charge in [-0.1, -0.05) is 20.8 Å². The largest absolute Gasteiger partial charge is 0.472 e. The Bertz CT molecular complexity index is 1390. The van der Waals surface area contributed by atoms with Gasteiger partial charge in [0.15, 0.2) is 0 Å². The van der Waals surface area contributed by atoms with Crippen molar-refractivity contribution in [1.29, 1.82) is 0 Å². The van der Waals surface area contributed by atoms with Crippen LogP contribution in [0, 0.1) is 46.3 Å². The van der Waals surface area contributed by atoms with Crippen molar-refractivity contribution in [2.75, 3.05) is 6.79 Å². The molecule has 4 fully saturated rings. The highest BCUT2D eigenvalue weighted by Gasteiger charge is 2.72. The van der Waals surface area contributed by atoms with Gasteiger partial charge in [0, 0.05) is 24.2 Å². The summed E-state index contributed by atoms with van der Waals surface area (Å²) < 4.78 is 88.6. The molecule has 0 heterocycles. The molecular formula is C25H45FO18P4. The lowest BCUT2D eigenvalue weighted by Gasteiger charge is -2.65. The molecule has 280 valence electrons. The molecule has 0 radical (unpaired) electrons. The summed E-state index contributed by atoms with van der Waals surface area (Å²) in [6.07, 6.45) is -1.91. The van der Waals surface area contributed by atoms with Crippen LogP contribution in [0.1, 0.15) is 78.6 Å². The fourth-order valence-corrected chi connectivity index (χ4v) is 11.7. The number of phosphoric acid groups is 4. The zero-order valence-corrected chi connectivity index (χ0v) is 30.1. The first-order valence-corrected chi connectivity index (χ1v) is 21.6. The molecule has 0 aliphatic heterocycles. The number of halogens is 1. The van der Waals surface area contributed by atoms with Gasteiger partial charge in [0.1, 0.15) is 0 Å². The second kappa shape index (κ2) is 14.0. The SMILES string of the molecule is CC(CCC(=O)OCOP(=O)(O)O)C1CCC2C3C(CC(OP(=O)(O)O)C12C)C1(C)CCC(OP(=O)(O)O)CC1CC3(F)OP(=O)(O)O. The van der Waals surface area contributed by atoms with E-state index in [9.17, 15) is 52.4 Å². The fourth-order valence-electron chi connectivity index (χ4n) is 9.73. The van der Waals surface area contributed by atoms with E-state index >= 15 is 4.39 Å². The summed E-state index contributed by atoms with van der Waals surface area (Å²) in [6.45, 7) is 4.31. The number of alkyl halides is 1. The van der Waals surface area contributed by atoms with Crippen LogP contribution in [0.2, 0.25) is 0 Å². The van der Waals surface area contributed by atoms with Gasteiger partial charge in [0.2, 0.25) is 12.6 Å². The number of carbonyl (C=O) groups is 1. The Morgan fingerprint density at radius 1 is 0.854 bits per heavy atom. The molecule has 0 spiro atoms. The second-order valence-electron chi connectivity index (χ2n) is 14.1. The van der Waals surface area contributed by atoms with Crippen molar-refractivity contribution in [1.82, 2.24) is 0 Å². The maximum Gasteiger partial charge on any atom is 0.472 e. The Kier molecular flexibility index (Phi) is 11.8. The van der Waals surface area contributed by atoms with Crippen LogP contribution >= 0.6 is 31.3 Å². The lowest BCUT2D eigenvalue weighted by Crippen LogP contribution is -2.66. The third-order valence-electron chi connectivity index (χ3n) is 11.5. The molecule has 4 aliphatic rings. The average Bonchev–Trinajstić information content (AvgIpc) is 3.23. The van der Waals surface area contributed by atoms with Gasteiger partial charge in [0.25, 0.3) is 0 Å². The van der Waals surface area contributed by atoms with Crippen LogP contribution in [0.4, 0.5) is 4.39 Å². The van der Waals surface area contributed by atoms with E-state index in [-0.39, 0.29) is 50.9 Å². The number of esters is 1. The Labute approximate surface area is 276 Å². The first kappa shape index (κ1) is 40.6. The summed E-state index contributed by atoms with van der Waals surface area (Å²) in [7, 11) is -20.4. The fraction of sp³-hybridized carbons (Fsp3) is 0.960. The summed E-state index contributed by atoms with van der Waals surface area (Å²) in [6, 6.07) is 0. The topological polar surface area (TPSA) is 293 Å². The van der Waals surface area contributed by atoms with Crippen molar-refractivity contribution in [3.63, 3.8) is 0 Å². The molecule has 0 aromatic carbocycles. The normalized spacial score (nSPS) is 39.6. The molecule has 48 heavy (non-hydrogen) atoms. The number of hydrogen-bond acceptors (Lipinski definition) is 10. The van der Waals surface area contributed by atoms with Gasteiger partial charge in [-0.3, -0.25) is 13.8 Å². The zero-order chi connectivity index (χ0) is 36.3. The lowest BCUT2D eigenvalue weighted by atomic mass is 9.42. The number of rotatable bonds is 13. The summed E-state index contributed by atoms with van der Waals surface area (Å²) in [4.78, 5) is 88.3. The molecule has 11 unspecified atom stereocenters. The van der Waals surface area contributed by atoms with E-state index in [0.717, 1.165) is 0 Å². The molecule has 18 nitrogen and oxygen atoms in total. The second-order valence-corrected chi connectivity index (χ2v) is 18.9. The van der Waals surface area contributed by atoms with E-state index in [1.54, 1.807) is 13.8 Å². The van der Waals surface area contributed by atoms with E-state index in [1.165, 1.54) is 0 Å². The molecule has 0 aromatic rings. The maximum absolute atomic E-state index is 17.4. The van der Waals surface area contributed by atoms with Crippen molar-refractivity contribution in [3.05, 3.63) is 0 Å². The number of phosphoric ester groups is 4. The summed E-state index contributed by atoms with van der Waals surface area (Å²) in [5, 5.41) is 0. The third kappa shape index (κ3) is 9.25. The van der Waals surface area contributed by atoms with Gasteiger partial charge in [-0.15, -0.1) is 0 Å². The number of ether oxygens (including phenoxy) is 1. The summed E-state index contributed by atoms with van der Waals surface area (Å²) in [5.41, 5.74) is -2.03. The highest BCUT2D eigenvalue weighted by Crippen LogP contribution is 2.73. The molecule has 23 heteroatoms. The Morgan fingerprint density at radius 3 is 2.04 bits per heavy atom. The minimum atomic E-state index is -5.46. The molecule has 0 saturated heterocycles. The highest BCUT2D eigenvalue weighted by molar-refractivity contribution is 7.47. The number of fused-ring (bicyclic) bond motifs is 5. The van der Waals surface area contributed by atoms with Crippen LogP contribution in [0.3, 0.4) is 0 Å². The average molecular weight is 777 g/mol. The minimum Gasteiger partial charge on any atom is -0.438 e. The van der Waals surface area contributed by atoms with Gasteiger partial charge in [-0.05, 0) is 80.0 Å². The predicted octanol–water partition coefficient (Wildman–Crippen LogP) is 3.62. The molecule has 0 bridgehead atoms. The van der Waals surface area contributed by atoms with Crippen LogP contribution in [0.5, 0.6) is 0 Å². The van der Waals surface area contributed by atoms with Crippen LogP contribution in [-0.2, 0) is 45.9 Å². The van der Waals surface area contributed by atoms with Gasteiger partial charge < -0.3 is 43.9 Å². The molecule has 11 atom stereocenters. The van der Waals surface area contributed by atoms with Crippen LogP contribution < -0.4 is 0 Å². The molecule has 4 aliphatic carbocycles. The quantitative estimate of drug-likeness (QED) is 0.0752. The Hall–Kier alpha value is -0.160. The lowest BCUT2D eigenvalue weighted by molar-refractivity contribution is -0.276. The maximum atomic E-state index is 17.4. The molecule has 4 rings (SSSR count). The van der Waals surface area contributed by atoms with Crippen LogP contribution in [0.25, 0.3) is 0 Å². The predicted molar refractivity (Wildman–Crippen MR) is 159 cm³/mol. The number of carbonyl (C=O) groups excluding carboxylic acids is 1. The minimum absolute atomic E-state index is 0.0675. The first-order valence-electron chi connectivity index (χ1n) is 15.5. The molecule has 0 aromatic heterocycles. The molecule has 0 amide bonds. The highest BCUT2D eigenvalue weighted by atomic mass is 31.2. The molecular weight excluding hydrogens is 731 g/mol. The third-order valence-corrected chi connectivity index (χ3v) is 13.6. The van der Waals surface area contributed by atoms with E-state index in [0.29, 0.717) is 6.42 Å². The number of hydrogen-bond donors (Lipinski definition) is 8. The van der Waals surface area contributed by atoms with Crippen molar-refractivity contribution >= 4 is 37.3 Å². The van der Waals surface area contributed by atoms with Crippen molar-refractivity contribution in [3.8, 4) is 0 Å². The van der Waals surface area contributed by atoms with Crippen molar-refractivity contribution < 1.29 is 89.4 Å². The van der Waals surface area contributed by atoms with Crippen LogP contribution in [-0.4, -0.2) is 70.0 Å². The molecule has 8 N–H and O–H groups in total. The smallest absolute Gasteiger partial charge is 0.438 e. The van der Waals surface area contributed by atoms with E-state index in [4.69, 9.17) is 28.1 Å².